The third-order valence-corrected chi connectivity index (χ3v) is 4.27. The van der Waals surface area contributed by atoms with E-state index in [1.165, 1.54) is 18.5 Å². The van der Waals surface area contributed by atoms with Crippen LogP contribution in [-0.2, 0) is 13.0 Å². The SMILES string of the molecule is C=CCCOc1cnc(C(=O)Cc2ccc(F)c(CNc3cccnc3N)c2)cn1. The Kier molecular flexibility index (Phi) is 7.05. The van der Waals surface area contributed by atoms with E-state index in [1.807, 2.05) is 0 Å². The summed E-state index contributed by atoms with van der Waals surface area (Å²) in [6.07, 6.45) is 6.88. The molecule has 8 heteroatoms. The van der Waals surface area contributed by atoms with Crippen LogP contribution in [0.15, 0.2) is 61.6 Å². The normalized spacial score (nSPS) is 10.4. The first-order valence-electron chi connectivity index (χ1n) is 9.37. The second-order valence-corrected chi connectivity index (χ2v) is 6.48. The average Bonchev–Trinajstić information content (AvgIpc) is 2.75. The molecule has 0 spiro atoms. The van der Waals surface area contributed by atoms with Gasteiger partial charge in [0.1, 0.15) is 17.3 Å². The fraction of sp³-hybridized carbons (Fsp3) is 0.182. The number of carbonyl (C=O) groups is 1. The van der Waals surface area contributed by atoms with Crippen LogP contribution < -0.4 is 15.8 Å². The zero-order valence-corrected chi connectivity index (χ0v) is 16.3. The number of hydrogen-bond donors (Lipinski definition) is 2. The maximum absolute atomic E-state index is 14.2. The summed E-state index contributed by atoms with van der Waals surface area (Å²) >= 11 is 0. The highest BCUT2D eigenvalue weighted by atomic mass is 19.1. The summed E-state index contributed by atoms with van der Waals surface area (Å²) in [5, 5.41) is 3.05. The summed E-state index contributed by atoms with van der Waals surface area (Å²) in [5.41, 5.74) is 7.71. The second-order valence-electron chi connectivity index (χ2n) is 6.48. The van der Waals surface area contributed by atoms with Crippen molar-refractivity contribution in [1.29, 1.82) is 0 Å². The highest BCUT2D eigenvalue weighted by molar-refractivity contribution is 5.95. The van der Waals surface area contributed by atoms with E-state index < -0.39 is 0 Å². The Morgan fingerprint density at radius 3 is 2.83 bits per heavy atom. The average molecular weight is 407 g/mol. The summed E-state index contributed by atoms with van der Waals surface area (Å²) in [7, 11) is 0. The Balaban J connectivity index is 1.63. The molecule has 0 bridgehead atoms. The van der Waals surface area contributed by atoms with Crippen molar-refractivity contribution in [3.8, 4) is 5.88 Å². The number of ether oxygens (including phenoxy) is 1. The number of anilines is 2. The summed E-state index contributed by atoms with van der Waals surface area (Å²) in [6, 6.07) is 8.06. The van der Waals surface area contributed by atoms with Gasteiger partial charge in [0.05, 0.1) is 24.7 Å². The second kappa shape index (κ2) is 10.1. The van der Waals surface area contributed by atoms with E-state index in [9.17, 15) is 9.18 Å². The van der Waals surface area contributed by atoms with Crippen LogP contribution in [-0.4, -0.2) is 27.3 Å². The molecule has 0 fully saturated rings. The lowest BCUT2D eigenvalue weighted by Gasteiger charge is -2.10. The highest BCUT2D eigenvalue weighted by Gasteiger charge is 2.12. The fourth-order valence-electron chi connectivity index (χ4n) is 2.69. The van der Waals surface area contributed by atoms with Crippen molar-refractivity contribution in [1.82, 2.24) is 15.0 Å². The molecule has 3 N–H and O–H groups in total. The molecule has 0 aliphatic carbocycles. The molecule has 2 heterocycles. The van der Waals surface area contributed by atoms with Crippen LogP contribution in [0.25, 0.3) is 0 Å². The standard InChI is InChI=1S/C22H22FN5O2/c1-2-3-9-30-21-14-27-19(13-28-21)20(29)11-15-6-7-17(23)16(10-15)12-26-18-5-4-8-25-22(18)24/h2,4-8,10,13-14,26H,1,3,9,11-12H2,(H2,24,25). The number of pyridine rings is 1. The van der Waals surface area contributed by atoms with E-state index in [-0.39, 0.29) is 30.3 Å². The number of benzene rings is 1. The van der Waals surface area contributed by atoms with Crippen LogP contribution in [0.2, 0.25) is 0 Å². The molecule has 7 nitrogen and oxygen atoms in total. The number of hydrogen-bond acceptors (Lipinski definition) is 7. The summed E-state index contributed by atoms with van der Waals surface area (Å²) in [5.74, 6) is 0.0853. The smallest absolute Gasteiger partial charge is 0.232 e. The molecular weight excluding hydrogens is 385 g/mol. The molecule has 3 rings (SSSR count). The van der Waals surface area contributed by atoms with E-state index in [0.29, 0.717) is 41.5 Å². The molecular formula is C22H22FN5O2. The minimum Gasteiger partial charge on any atom is -0.476 e. The van der Waals surface area contributed by atoms with E-state index in [2.05, 4.69) is 26.8 Å². The van der Waals surface area contributed by atoms with Gasteiger partial charge in [-0.2, -0.15) is 0 Å². The number of nitrogens with zero attached hydrogens (tertiary/aromatic N) is 3. The maximum Gasteiger partial charge on any atom is 0.232 e. The van der Waals surface area contributed by atoms with E-state index in [1.54, 1.807) is 36.5 Å². The number of ketones is 1. The first-order chi connectivity index (χ1) is 14.6. The minimum absolute atomic E-state index is 0.0770. The predicted octanol–water partition coefficient (Wildman–Crippen LogP) is 3.59. The number of carbonyl (C=O) groups excluding carboxylic acids is 1. The molecule has 0 atom stereocenters. The summed E-state index contributed by atoms with van der Waals surface area (Å²) < 4.78 is 19.6. The molecule has 1 aromatic carbocycles. The van der Waals surface area contributed by atoms with Crippen LogP contribution in [0.5, 0.6) is 5.88 Å². The summed E-state index contributed by atoms with van der Waals surface area (Å²) in [4.78, 5) is 24.7. The van der Waals surface area contributed by atoms with Gasteiger partial charge in [-0.3, -0.25) is 4.79 Å². The van der Waals surface area contributed by atoms with Gasteiger partial charge in [-0.1, -0.05) is 18.2 Å². The van der Waals surface area contributed by atoms with Crippen molar-refractivity contribution in [2.75, 3.05) is 17.7 Å². The zero-order valence-electron chi connectivity index (χ0n) is 16.3. The van der Waals surface area contributed by atoms with Gasteiger partial charge in [0, 0.05) is 24.7 Å². The van der Waals surface area contributed by atoms with Gasteiger partial charge in [-0.25, -0.2) is 19.3 Å². The molecule has 0 aliphatic rings. The molecule has 0 saturated carbocycles. The molecule has 154 valence electrons. The van der Waals surface area contributed by atoms with E-state index in [4.69, 9.17) is 10.5 Å². The quantitative estimate of drug-likeness (QED) is 0.301. The van der Waals surface area contributed by atoms with E-state index in [0.717, 1.165) is 0 Å². The van der Waals surface area contributed by atoms with Crippen LogP contribution in [0.3, 0.4) is 0 Å². The summed E-state index contributed by atoms with van der Waals surface area (Å²) in [6.45, 7) is 4.27. The first-order valence-corrected chi connectivity index (χ1v) is 9.37. The molecule has 30 heavy (non-hydrogen) atoms. The predicted molar refractivity (Wildman–Crippen MR) is 113 cm³/mol. The molecule has 3 aromatic rings. The molecule has 0 radical (unpaired) electrons. The van der Waals surface area contributed by atoms with Crippen LogP contribution in [0, 0.1) is 5.82 Å². The molecule has 0 unspecified atom stereocenters. The molecule has 2 aromatic heterocycles. The number of rotatable bonds is 10. The number of nitrogen functional groups attached to an aromatic ring is 1. The van der Waals surface area contributed by atoms with Crippen molar-refractivity contribution < 1.29 is 13.9 Å². The van der Waals surface area contributed by atoms with Gasteiger partial charge in [-0.05, 0) is 30.2 Å². The fourth-order valence-corrected chi connectivity index (χ4v) is 2.69. The van der Waals surface area contributed by atoms with Gasteiger partial charge in [0.15, 0.2) is 5.78 Å². The Morgan fingerprint density at radius 2 is 2.10 bits per heavy atom. The Bertz CT molecular complexity index is 1020. The van der Waals surface area contributed by atoms with Crippen molar-refractivity contribution in [3.05, 3.63) is 84.2 Å². The Morgan fingerprint density at radius 1 is 1.23 bits per heavy atom. The van der Waals surface area contributed by atoms with Crippen molar-refractivity contribution in [2.45, 2.75) is 19.4 Å². The first kappa shape index (κ1) is 20.9. The van der Waals surface area contributed by atoms with Gasteiger partial charge in [-0.15, -0.1) is 6.58 Å². The monoisotopic (exact) mass is 407 g/mol. The highest BCUT2D eigenvalue weighted by Crippen LogP contribution is 2.18. The number of nitrogens with two attached hydrogens (primary N) is 1. The van der Waals surface area contributed by atoms with Crippen LogP contribution in [0.1, 0.15) is 28.0 Å². The number of nitrogens with one attached hydrogen (secondary N) is 1. The Labute approximate surface area is 173 Å². The number of Topliss-reactive ketones (excluding diaryl/α,β-unsaturated/α-hetero) is 1. The van der Waals surface area contributed by atoms with Gasteiger partial charge in [0.25, 0.3) is 0 Å². The number of halogens is 1. The van der Waals surface area contributed by atoms with Gasteiger partial charge in [0.2, 0.25) is 5.88 Å². The topological polar surface area (TPSA) is 103 Å². The lowest BCUT2D eigenvalue weighted by atomic mass is 10.0. The minimum atomic E-state index is -0.373. The van der Waals surface area contributed by atoms with E-state index >= 15 is 0 Å². The van der Waals surface area contributed by atoms with Crippen molar-refractivity contribution in [3.63, 3.8) is 0 Å². The zero-order chi connectivity index (χ0) is 21.3. The van der Waals surface area contributed by atoms with Crippen molar-refractivity contribution in [2.24, 2.45) is 0 Å². The van der Waals surface area contributed by atoms with Crippen LogP contribution in [0.4, 0.5) is 15.9 Å². The lowest BCUT2D eigenvalue weighted by Crippen LogP contribution is -2.09. The third-order valence-electron chi connectivity index (χ3n) is 4.27. The van der Waals surface area contributed by atoms with Crippen molar-refractivity contribution >= 4 is 17.3 Å². The van der Waals surface area contributed by atoms with Gasteiger partial charge < -0.3 is 15.8 Å². The van der Waals surface area contributed by atoms with Crippen LogP contribution >= 0.6 is 0 Å². The molecule has 0 amide bonds. The Hall–Kier alpha value is -3.81. The third kappa shape index (κ3) is 5.60. The maximum atomic E-state index is 14.2. The number of aromatic nitrogens is 3. The molecule has 0 aliphatic heterocycles. The molecule has 0 saturated heterocycles. The largest absolute Gasteiger partial charge is 0.476 e. The van der Waals surface area contributed by atoms with Gasteiger partial charge >= 0.3 is 0 Å². The lowest BCUT2D eigenvalue weighted by molar-refractivity contribution is 0.0987.